The quantitative estimate of drug-likeness (QED) is 0.102. The summed E-state index contributed by atoms with van der Waals surface area (Å²) in [6, 6.07) is 36.2. The maximum atomic E-state index is 16.2. The fourth-order valence-electron chi connectivity index (χ4n) is 10.1. The second-order valence-electron chi connectivity index (χ2n) is 16.5. The van der Waals surface area contributed by atoms with E-state index in [0.29, 0.717) is 28.0 Å². The van der Waals surface area contributed by atoms with Crippen LogP contribution in [0.25, 0.3) is 0 Å². The molecule has 2 fully saturated rings. The summed E-state index contributed by atoms with van der Waals surface area (Å²) in [6.07, 6.45) is 5.23. The molecule has 3 aliphatic heterocycles. The van der Waals surface area contributed by atoms with Gasteiger partial charge in [-0.05, 0) is 96.3 Å². The van der Waals surface area contributed by atoms with Gasteiger partial charge in [0.1, 0.15) is 29.9 Å². The summed E-state index contributed by atoms with van der Waals surface area (Å²) in [6.45, 7) is 1.70. The number of esters is 1. The molecule has 0 bridgehead atoms. The summed E-state index contributed by atoms with van der Waals surface area (Å²) in [5.74, 6) is 3.25. The van der Waals surface area contributed by atoms with Crippen LogP contribution in [0.4, 0.5) is 10.5 Å². The molecule has 11 nitrogen and oxygen atoms in total. The van der Waals surface area contributed by atoms with E-state index in [2.05, 4.69) is 23.2 Å². The van der Waals surface area contributed by atoms with E-state index in [0.717, 1.165) is 47.3 Å². The van der Waals surface area contributed by atoms with Gasteiger partial charge in [0.2, 0.25) is 11.8 Å². The lowest BCUT2D eigenvalue weighted by molar-refractivity contribution is -0.178. The highest BCUT2D eigenvalue weighted by Crippen LogP contribution is 2.65. The Morgan fingerprint density at radius 1 is 0.857 bits per heavy atom. The van der Waals surface area contributed by atoms with E-state index < -0.39 is 65.4 Å². The minimum atomic E-state index is -1.97. The number of nitrogens with zero attached hydrogens (tertiary/aromatic N) is 2. The van der Waals surface area contributed by atoms with Crippen LogP contribution in [0.15, 0.2) is 145 Å². The van der Waals surface area contributed by atoms with Gasteiger partial charge in [-0.15, -0.1) is 0 Å². The number of anilines is 1. The third-order valence-corrected chi connectivity index (χ3v) is 12.8. The van der Waals surface area contributed by atoms with Crippen LogP contribution in [-0.2, 0) is 24.5 Å². The Balaban J connectivity index is 1.31. The molecule has 9 rings (SSSR count). The number of urea groups is 1. The lowest BCUT2D eigenvalue weighted by atomic mass is 9.65. The number of allylic oxidation sites excluding steroid dienone is 2. The number of aliphatic hydroxyl groups is 1. The molecule has 7 atom stereocenters. The number of morpholine rings is 1. The van der Waals surface area contributed by atoms with Gasteiger partial charge >= 0.3 is 12.0 Å². The molecule has 0 aromatic heterocycles. The molecule has 2 saturated heterocycles. The van der Waals surface area contributed by atoms with Crippen molar-refractivity contribution in [2.24, 2.45) is 11.7 Å². The molecule has 63 heavy (non-hydrogen) atoms. The zero-order chi connectivity index (χ0) is 43.7. The van der Waals surface area contributed by atoms with Gasteiger partial charge in [-0.25, -0.2) is 9.69 Å². The van der Waals surface area contributed by atoms with Crippen molar-refractivity contribution in [2.75, 3.05) is 18.1 Å². The zero-order valence-electron chi connectivity index (χ0n) is 34.9. The van der Waals surface area contributed by atoms with Crippen molar-refractivity contribution in [1.29, 1.82) is 0 Å². The van der Waals surface area contributed by atoms with E-state index in [-0.39, 0.29) is 18.9 Å². The number of primary amides is 1. The summed E-state index contributed by atoms with van der Waals surface area (Å²) in [5, 5.41) is 12.6. The molecule has 4 aliphatic rings. The van der Waals surface area contributed by atoms with Gasteiger partial charge in [0.05, 0.1) is 36.3 Å². The number of nitrogens with one attached hydrogen (secondary N) is 1. The monoisotopic (exact) mass is 840 g/mol. The number of aliphatic hydroxyl groups excluding tert-OH is 1. The van der Waals surface area contributed by atoms with Crippen molar-refractivity contribution in [3.8, 4) is 17.6 Å². The molecule has 1 spiro atoms. The molecule has 0 unspecified atom stereocenters. The molecule has 318 valence electrons. The number of ether oxygens (including phenoxy) is 2. The topological polar surface area (TPSA) is 151 Å². The number of benzene rings is 5. The number of imide groups is 1. The van der Waals surface area contributed by atoms with Crippen molar-refractivity contribution < 1.29 is 33.8 Å². The summed E-state index contributed by atoms with van der Waals surface area (Å²) in [7, 11) is 0. The Hall–Kier alpha value is -7.00. The standard InChI is InChI=1S/C52H48N4O7/c1-33(36-16-8-3-9-17-36)54-51(61)55-42-29-24-35(23-22-34-14-6-2-7-15-34)32-41(42)52(50(55)60)43(48(53)58)45-49(59)63-46(38-20-12-5-13-21-38)44(37-18-10-4-11-19-37)56(45)47(52)39-25-27-40(28-26-39)62-31-30-57/h3-5,8-14,16-21,24-29,32-33,43-47,57H,2,6-7,15,30-31H2,1H3,(H2,53,58)(H,54,61)/t33-,43+,44+,45+,46-,47-,52+/m1/s1. The third kappa shape index (κ3) is 7.35. The smallest absolute Gasteiger partial charge is 0.329 e. The first-order valence-corrected chi connectivity index (χ1v) is 21.5. The Labute approximate surface area is 366 Å². The normalized spacial score (nSPS) is 24.3. The number of carbonyl (C=O) groups is 4. The van der Waals surface area contributed by atoms with Crippen molar-refractivity contribution >= 4 is 29.5 Å². The Bertz CT molecular complexity index is 2630. The highest BCUT2D eigenvalue weighted by atomic mass is 16.6. The Kier molecular flexibility index (Phi) is 11.4. The first-order valence-electron chi connectivity index (χ1n) is 21.5. The van der Waals surface area contributed by atoms with Gasteiger partial charge < -0.3 is 25.6 Å². The molecule has 11 heteroatoms. The third-order valence-electron chi connectivity index (χ3n) is 12.8. The zero-order valence-corrected chi connectivity index (χ0v) is 34.9. The lowest BCUT2D eigenvalue weighted by Crippen LogP contribution is -2.55. The summed E-state index contributed by atoms with van der Waals surface area (Å²) in [4.78, 5) is 63.6. The second kappa shape index (κ2) is 17.4. The average molecular weight is 841 g/mol. The van der Waals surface area contributed by atoms with Crippen molar-refractivity contribution in [3.05, 3.63) is 178 Å². The fourth-order valence-corrected chi connectivity index (χ4v) is 10.1. The largest absolute Gasteiger partial charge is 0.491 e. The van der Waals surface area contributed by atoms with Gasteiger partial charge in [-0.2, -0.15) is 0 Å². The van der Waals surface area contributed by atoms with E-state index in [1.807, 2.05) is 103 Å². The number of hydrogen-bond donors (Lipinski definition) is 3. The maximum Gasteiger partial charge on any atom is 0.329 e. The number of hydrogen-bond acceptors (Lipinski definition) is 8. The lowest BCUT2D eigenvalue weighted by Gasteiger charge is -2.46. The van der Waals surface area contributed by atoms with Gasteiger partial charge in [-0.1, -0.05) is 121 Å². The molecule has 1 aliphatic carbocycles. The molecule has 3 heterocycles. The van der Waals surface area contributed by atoms with Crippen LogP contribution >= 0.6 is 0 Å². The number of carbonyl (C=O) groups excluding carboxylic acids is 4. The molecule has 4 N–H and O–H groups in total. The van der Waals surface area contributed by atoms with Crippen LogP contribution in [0, 0.1) is 17.8 Å². The predicted octanol–water partition coefficient (Wildman–Crippen LogP) is 7.53. The first-order chi connectivity index (χ1) is 30.7. The highest BCUT2D eigenvalue weighted by molar-refractivity contribution is 6.24. The van der Waals surface area contributed by atoms with E-state index in [4.69, 9.17) is 15.2 Å². The number of rotatable bonds is 9. The molecule has 4 amide bonds. The van der Waals surface area contributed by atoms with Crippen LogP contribution < -0.4 is 20.7 Å². The van der Waals surface area contributed by atoms with Gasteiger partial charge in [-0.3, -0.25) is 19.3 Å². The fraction of sp³-hybridized carbons (Fsp3) is 0.269. The van der Waals surface area contributed by atoms with Crippen LogP contribution in [0.1, 0.15) is 90.2 Å². The predicted molar refractivity (Wildman–Crippen MR) is 237 cm³/mol. The number of amides is 4. The van der Waals surface area contributed by atoms with E-state index in [9.17, 15) is 19.5 Å². The van der Waals surface area contributed by atoms with Crippen LogP contribution in [0.5, 0.6) is 5.75 Å². The van der Waals surface area contributed by atoms with E-state index in [1.54, 1.807) is 42.5 Å². The summed E-state index contributed by atoms with van der Waals surface area (Å²) < 4.78 is 12.2. The minimum Gasteiger partial charge on any atom is -0.491 e. The molecule has 0 saturated carbocycles. The molecule has 0 radical (unpaired) electrons. The molecular weight excluding hydrogens is 793 g/mol. The minimum absolute atomic E-state index is 0.0589. The van der Waals surface area contributed by atoms with Gasteiger partial charge in [0.25, 0.3) is 0 Å². The van der Waals surface area contributed by atoms with Crippen LogP contribution in [-0.4, -0.2) is 53.1 Å². The second-order valence-corrected chi connectivity index (χ2v) is 16.5. The highest BCUT2D eigenvalue weighted by Gasteiger charge is 2.75. The van der Waals surface area contributed by atoms with Crippen molar-refractivity contribution in [3.63, 3.8) is 0 Å². The molecule has 5 aromatic rings. The van der Waals surface area contributed by atoms with Gasteiger partial charge in [0, 0.05) is 5.56 Å². The van der Waals surface area contributed by atoms with E-state index >= 15 is 4.79 Å². The number of nitrogens with two attached hydrogens (primary N) is 1. The Morgan fingerprint density at radius 2 is 1.54 bits per heavy atom. The van der Waals surface area contributed by atoms with Crippen molar-refractivity contribution in [1.82, 2.24) is 10.2 Å². The SMILES string of the molecule is C[C@@H](NC(=O)N1C(=O)[C@@]2(c3cc(C#CC4=CCCCC4)ccc31)[C@H](C(N)=O)[C@H]1C(=O)O[C@H](c3ccccc3)[C@H](c3ccccc3)N1[C@@H]2c1ccc(OCCO)cc1)c1ccccc1. The van der Waals surface area contributed by atoms with Crippen LogP contribution in [0.2, 0.25) is 0 Å². The number of fused-ring (bicyclic) bond motifs is 3. The van der Waals surface area contributed by atoms with Gasteiger partial charge in [0.15, 0.2) is 0 Å². The molecule has 5 aromatic carbocycles. The Morgan fingerprint density at radius 3 is 2.19 bits per heavy atom. The summed E-state index contributed by atoms with van der Waals surface area (Å²) in [5.41, 5.74) is 9.63. The first kappa shape index (κ1) is 41.4. The summed E-state index contributed by atoms with van der Waals surface area (Å²) >= 11 is 0. The average Bonchev–Trinajstić information content (AvgIpc) is 3.78. The van der Waals surface area contributed by atoms with Crippen molar-refractivity contribution in [2.45, 2.75) is 68.3 Å². The van der Waals surface area contributed by atoms with Crippen LogP contribution in [0.3, 0.4) is 0 Å². The number of cyclic esters (lactones) is 1. The maximum absolute atomic E-state index is 16.2. The molecular formula is C52H48N4O7. The van der Waals surface area contributed by atoms with E-state index in [1.165, 1.54) is 0 Å².